The third-order valence-electron chi connectivity index (χ3n) is 5.78. The lowest BCUT2D eigenvalue weighted by Gasteiger charge is -2.30. The standard InChI is InChI=1S/C21H20N4O3S/c26-16(12-25-18(27)21(24-20(25)28)10-4-1-5-11-21)22-19-23-17-14-7-3-2-6-13(14)8-9-15(17)29-19/h2-3,6-9H,1,4-5,10-12H2,(H,24,28)(H,22,23,26). The first-order chi connectivity index (χ1) is 14.1. The molecule has 0 bridgehead atoms. The Hall–Kier alpha value is -3.00. The van der Waals surface area contributed by atoms with Crippen molar-refractivity contribution in [3.63, 3.8) is 0 Å². The van der Waals surface area contributed by atoms with E-state index >= 15 is 0 Å². The van der Waals surface area contributed by atoms with Gasteiger partial charge in [0.2, 0.25) is 5.91 Å². The Morgan fingerprint density at radius 1 is 1.14 bits per heavy atom. The van der Waals surface area contributed by atoms with Crippen LogP contribution in [0.5, 0.6) is 0 Å². The number of nitrogens with zero attached hydrogens (tertiary/aromatic N) is 2. The summed E-state index contributed by atoms with van der Waals surface area (Å²) in [5.74, 6) is -0.711. The van der Waals surface area contributed by atoms with E-state index in [-0.39, 0.29) is 12.5 Å². The zero-order valence-electron chi connectivity index (χ0n) is 15.7. The molecule has 3 aromatic rings. The molecule has 1 aliphatic carbocycles. The molecule has 1 spiro atoms. The summed E-state index contributed by atoms with van der Waals surface area (Å²) in [7, 11) is 0. The number of hydrogen-bond donors (Lipinski definition) is 2. The molecule has 2 aromatic carbocycles. The van der Waals surface area contributed by atoms with Crippen LogP contribution in [-0.2, 0) is 9.59 Å². The van der Waals surface area contributed by atoms with Gasteiger partial charge in [0.25, 0.3) is 5.91 Å². The van der Waals surface area contributed by atoms with E-state index in [1.807, 2.05) is 36.4 Å². The fraction of sp³-hybridized carbons (Fsp3) is 0.333. The molecule has 1 saturated heterocycles. The van der Waals surface area contributed by atoms with Gasteiger partial charge in [0.1, 0.15) is 12.1 Å². The topological polar surface area (TPSA) is 91.4 Å². The number of aromatic nitrogens is 1. The number of nitrogens with one attached hydrogen (secondary N) is 2. The second-order valence-electron chi connectivity index (χ2n) is 7.66. The lowest BCUT2D eigenvalue weighted by Crippen LogP contribution is -2.48. The van der Waals surface area contributed by atoms with E-state index in [4.69, 9.17) is 0 Å². The minimum Gasteiger partial charge on any atom is -0.323 e. The molecule has 2 fully saturated rings. The van der Waals surface area contributed by atoms with Crippen molar-refractivity contribution in [2.75, 3.05) is 11.9 Å². The van der Waals surface area contributed by atoms with Gasteiger partial charge < -0.3 is 10.6 Å². The Morgan fingerprint density at radius 3 is 2.76 bits per heavy atom. The number of fused-ring (bicyclic) bond motifs is 3. The van der Waals surface area contributed by atoms with E-state index in [1.165, 1.54) is 11.3 Å². The SMILES string of the molecule is O=C(CN1C(=O)NC2(CCCCC2)C1=O)Nc1nc2c(ccc3ccccc32)s1. The van der Waals surface area contributed by atoms with Crippen molar-refractivity contribution in [1.82, 2.24) is 15.2 Å². The summed E-state index contributed by atoms with van der Waals surface area (Å²) in [6.45, 7) is -0.302. The molecule has 4 amide bonds. The fourth-order valence-electron chi connectivity index (χ4n) is 4.33. The highest BCUT2D eigenvalue weighted by atomic mass is 32.1. The first kappa shape index (κ1) is 18.1. The maximum atomic E-state index is 12.8. The molecule has 2 aliphatic rings. The third-order valence-corrected chi connectivity index (χ3v) is 6.72. The molecule has 1 aliphatic heterocycles. The van der Waals surface area contributed by atoms with E-state index in [2.05, 4.69) is 15.6 Å². The van der Waals surface area contributed by atoms with Crippen LogP contribution in [0, 0.1) is 0 Å². The monoisotopic (exact) mass is 408 g/mol. The zero-order valence-corrected chi connectivity index (χ0v) is 16.6. The third kappa shape index (κ3) is 3.04. The predicted octanol–water partition coefficient (Wildman–Crippen LogP) is 3.64. The normalized spacial score (nSPS) is 18.6. The zero-order chi connectivity index (χ0) is 20.0. The summed E-state index contributed by atoms with van der Waals surface area (Å²) in [5.41, 5.74) is 0.0178. The van der Waals surface area contributed by atoms with Crippen LogP contribution in [0.3, 0.4) is 0 Å². The Bertz CT molecular complexity index is 1150. The van der Waals surface area contributed by atoms with Gasteiger partial charge in [-0.2, -0.15) is 0 Å². The summed E-state index contributed by atoms with van der Waals surface area (Å²) < 4.78 is 0.968. The van der Waals surface area contributed by atoms with Gasteiger partial charge in [0.15, 0.2) is 5.13 Å². The smallest absolute Gasteiger partial charge is 0.323 e. The quantitative estimate of drug-likeness (QED) is 0.647. The van der Waals surface area contributed by atoms with E-state index < -0.39 is 17.5 Å². The highest BCUT2D eigenvalue weighted by molar-refractivity contribution is 7.22. The van der Waals surface area contributed by atoms with Crippen LogP contribution >= 0.6 is 11.3 Å². The van der Waals surface area contributed by atoms with Crippen LogP contribution in [0.2, 0.25) is 0 Å². The number of carbonyl (C=O) groups is 3. The predicted molar refractivity (Wildman–Crippen MR) is 112 cm³/mol. The van der Waals surface area contributed by atoms with Crippen LogP contribution in [0.4, 0.5) is 9.93 Å². The lowest BCUT2D eigenvalue weighted by atomic mass is 9.82. The van der Waals surface area contributed by atoms with Crippen LogP contribution in [0.15, 0.2) is 36.4 Å². The second kappa shape index (κ2) is 6.81. The first-order valence-electron chi connectivity index (χ1n) is 9.78. The summed E-state index contributed by atoms with van der Waals surface area (Å²) in [6.07, 6.45) is 4.16. The van der Waals surface area contributed by atoms with Crippen molar-refractivity contribution in [2.24, 2.45) is 0 Å². The Morgan fingerprint density at radius 2 is 1.93 bits per heavy atom. The minimum absolute atomic E-state index is 0.285. The Balaban J connectivity index is 1.34. The molecular formula is C21H20N4O3S. The number of hydrogen-bond acceptors (Lipinski definition) is 5. The van der Waals surface area contributed by atoms with E-state index in [9.17, 15) is 14.4 Å². The summed E-state index contributed by atoms with van der Waals surface area (Å²) in [4.78, 5) is 43.3. The van der Waals surface area contributed by atoms with Gasteiger partial charge in [-0.25, -0.2) is 9.78 Å². The van der Waals surface area contributed by atoms with Crippen molar-refractivity contribution in [3.8, 4) is 0 Å². The molecular weight excluding hydrogens is 388 g/mol. The summed E-state index contributed by atoms with van der Waals surface area (Å²) >= 11 is 1.37. The molecule has 0 radical (unpaired) electrons. The molecule has 2 heterocycles. The van der Waals surface area contributed by atoms with Crippen LogP contribution < -0.4 is 10.6 Å². The summed E-state index contributed by atoms with van der Waals surface area (Å²) in [5, 5.41) is 8.14. The van der Waals surface area contributed by atoms with E-state index in [0.29, 0.717) is 18.0 Å². The lowest BCUT2D eigenvalue weighted by molar-refractivity contribution is -0.134. The molecule has 2 N–H and O–H groups in total. The van der Waals surface area contributed by atoms with Crippen molar-refractivity contribution >= 4 is 55.3 Å². The van der Waals surface area contributed by atoms with Crippen molar-refractivity contribution in [3.05, 3.63) is 36.4 Å². The van der Waals surface area contributed by atoms with Crippen molar-refractivity contribution in [1.29, 1.82) is 0 Å². The average Bonchev–Trinajstić information content (AvgIpc) is 3.23. The molecule has 1 aromatic heterocycles. The highest BCUT2D eigenvalue weighted by Gasteiger charge is 2.51. The van der Waals surface area contributed by atoms with Gasteiger partial charge in [-0.05, 0) is 24.3 Å². The molecule has 0 unspecified atom stereocenters. The number of urea groups is 1. The number of imide groups is 1. The Labute approximate surface area is 171 Å². The second-order valence-corrected chi connectivity index (χ2v) is 8.70. The molecule has 8 heteroatoms. The van der Waals surface area contributed by atoms with Gasteiger partial charge in [-0.15, -0.1) is 0 Å². The van der Waals surface area contributed by atoms with Gasteiger partial charge in [0, 0.05) is 5.39 Å². The maximum Gasteiger partial charge on any atom is 0.325 e. The number of rotatable bonds is 3. The van der Waals surface area contributed by atoms with Gasteiger partial charge in [0.05, 0.1) is 10.2 Å². The van der Waals surface area contributed by atoms with Gasteiger partial charge in [-0.1, -0.05) is 60.9 Å². The molecule has 1 saturated carbocycles. The van der Waals surface area contributed by atoms with Gasteiger partial charge >= 0.3 is 6.03 Å². The van der Waals surface area contributed by atoms with Crippen molar-refractivity contribution < 1.29 is 14.4 Å². The summed E-state index contributed by atoms with van der Waals surface area (Å²) in [6, 6.07) is 11.5. The van der Waals surface area contributed by atoms with Crippen LogP contribution in [0.1, 0.15) is 32.1 Å². The maximum absolute atomic E-state index is 12.8. The molecule has 29 heavy (non-hydrogen) atoms. The number of thiazole rings is 1. The molecule has 7 nitrogen and oxygen atoms in total. The average molecular weight is 408 g/mol. The van der Waals surface area contributed by atoms with E-state index in [0.717, 1.165) is 45.2 Å². The van der Waals surface area contributed by atoms with Gasteiger partial charge in [-0.3, -0.25) is 14.5 Å². The number of benzene rings is 2. The molecule has 0 atom stereocenters. The highest BCUT2D eigenvalue weighted by Crippen LogP contribution is 2.34. The van der Waals surface area contributed by atoms with E-state index in [1.54, 1.807) is 0 Å². The van der Waals surface area contributed by atoms with Crippen LogP contribution in [-0.4, -0.2) is 39.8 Å². The number of carbonyl (C=O) groups excluding carboxylic acids is 3. The largest absolute Gasteiger partial charge is 0.325 e. The Kier molecular flexibility index (Phi) is 4.24. The van der Waals surface area contributed by atoms with Crippen LogP contribution in [0.25, 0.3) is 21.0 Å². The van der Waals surface area contributed by atoms with Crippen molar-refractivity contribution in [2.45, 2.75) is 37.6 Å². The number of anilines is 1. The molecule has 5 rings (SSSR count). The first-order valence-corrected chi connectivity index (χ1v) is 10.6. The molecule has 148 valence electrons. The number of amides is 4. The minimum atomic E-state index is -0.815. The fourth-order valence-corrected chi connectivity index (χ4v) is 5.23.